The molecule has 31 heavy (non-hydrogen) atoms. The Labute approximate surface area is 192 Å². The third-order valence-corrected chi connectivity index (χ3v) is 4.78. The van der Waals surface area contributed by atoms with Gasteiger partial charge in [-0.15, -0.1) is 23.8 Å². The van der Waals surface area contributed by atoms with Gasteiger partial charge in [-0.2, -0.15) is 5.26 Å². The van der Waals surface area contributed by atoms with E-state index in [1.165, 1.54) is 0 Å². The van der Waals surface area contributed by atoms with E-state index in [-0.39, 0.29) is 26.8 Å². The number of phenols is 1. The minimum absolute atomic E-state index is 0. The van der Waals surface area contributed by atoms with E-state index in [1.807, 2.05) is 42.5 Å². The Morgan fingerprint density at radius 3 is 2.45 bits per heavy atom. The number of aromatic nitrogens is 2. The van der Waals surface area contributed by atoms with Crippen molar-refractivity contribution < 1.29 is 30.6 Å². The number of hydrogen-bond donors (Lipinski definition) is 1. The van der Waals surface area contributed by atoms with Gasteiger partial charge in [0.15, 0.2) is 0 Å². The molecule has 0 unspecified atom stereocenters. The van der Waals surface area contributed by atoms with Crippen molar-refractivity contribution in [1.29, 1.82) is 5.26 Å². The molecule has 0 amide bonds. The fraction of sp³-hybridized carbons (Fsp3) is 0. The SMILES string of the molecule is N#Cc1cc(-c2ccccn2)[c-]c(-c2cccc3oc(-c4ccccc4O)nc23)c1.[Pt]. The molecule has 0 atom stereocenters. The molecule has 2 heterocycles. The molecule has 0 aliphatic carbocycles. The van der Waals surface area contributed by atoms with Gasteiger partial charge >= 0.3 is 0 Å². The second-order valence-electron chi connectivity index (χ2n) is 6.71. The zero-order valence-electron chi connectivity index (χ0n) is 16.0. The molecule has 1 N–H and O–H groups in total. The van der Waals surface area contributed by atoms with Crippen molar-refractivity contribution in [3.05, 3.63) is 90.6 Å². The van der Waals surface area contributed by atoms with E-state index in [1.54, 1.807) is 36.5 Å². The topological polar surface area (TPSA) is 82.9 Å². The number of benzene rings is 3. The van der Waals surface area contributed by atoms with Crippen molar-refractivity contribution in [1.82, 2.24) is 9.97 Å². The maximum absolute atomic E-state index is 10.2. The minimum Gasteiger partial charge on any atom is -0.507 e. The van der Waals surface area contributed by atoms with E-state index in [0.29, 0.717) is 28.1 Å². The molecular weight excluding hydrogens is 569 g/mol. The number of nitriles is 1. The summed E-state index contributed by atoms with van der Waals surface area (Å²) in [5.41, 5.74) is 5.21. The fourth-order valence-electron chi connectivity index (χ4n) is 3.38. The van der Waals surface area contributed by atoms with Crippen LogP contribution in [0, 0.1) is 17.4 Å². The molecule has 152 valence electrons. The Morgan fingerprint density at radius 1 is 0.903 bits per heavy atom. The Bertz CT molecular complexity index is 1420. The molecule has 0 radical (unpaired) electrons. The van der Waals surface area contributed by atoms with Crippen molar-refractivity contribution in [2.45, 2.75) is 0 Å². The van der Waals surface area contributed by atoms with Gasteiger partial charge in [0, 0.05) is 33.0 Å². The second kappa shape index (κ2) is 8.55. The molecule has 0 bridgehead atoms. The predicted molar refractivity (Wildman–Crippen MR) is 113 cm³/mol. The van der Waals surface area contributed by atoms with Gasteiger partial charge in [-0.05, 0) is 29.8 Å². The number of aromatic hydroxyl groups is 1. The van der Waals surface area contributed by atoms with Crippen molar-refractivity contribution in [3.8, 4) is 45.7 Å². The predicted octanol–water partition coefficient (Wildman–Crippen LogP) is 5.60. The van der Waals surface area contributed by atoms with Gasteiger partial charge in [-0.3, -0.25) is 4.98 Å². The van der Waals surface area contributed by atoms with E-state index < -0.39 is 0 Å². The fourth-order valence-corrected chi connectivity index (χ4v) is 3.38. The summed E-state index contributed by atoms with van der Waals surface area (Å²) in [6.45, 7) is 0. The Morgan fingerprint density at radius 2 is 1.68 bits per heavy atom. The molecule has 2 aromatic heterocycles. The van der Waals surface area contributed by atoms with E-state index in [9.17, 15) is 10.4 Å². The van der Waals surface area contributed by atoms with Crippen LogP contribution in [0.25, 0.3) is 44.9 Å². The molecule has 5 rings (SSSR count). The van der Waals surface area contributed by atoms with Gasteiger partial charge in [0.2, 0.25) is 5.89 Å². The van der Waals surface area contributed by atoms with E-state index in [4.69, 9.17) is 4.42 Å². The first kappa shape index (κ1) is 20.5. The number of fused-ring (bicyclic) bond motifs is 1. The first-order valence-electron chi connectivity index (χ1n) is 9.30. The van der Waals surface area contributed by atoms with Gasteiger partial charge in [-0.25, -0.2) is 4.98 Å². The van der Waals surface area contributed by atoms with Gasteiger partial charge in [0.05, 0.1) is 17.1 Å². The molecular formula is C25H14N3O2Pt-. The summed E-state index contributed by atoms with van der Waals surface area (Å²) in [6.07, 6.45) is 1.71. The summed E-state index contributed by atoms with van der Waals surface area (Å²) in [7, 11) is 0. The van der Waals surface area contributed by atoms with Crippen LogP contribution in [0.1, 0.15) is 5.56 Å². The first-order valence-corrected chi connectivity index (χ1v) is 9.30. The van der Waals surface area contributed by atoms with Crippen LogP contribution in [-0.2, 0) is 21.1 Å². The zero-order valence-corrected chi connectivity index (χ0v) is 18.3. The maximum Gasteiger partial charge on any atom is 0.230 e. The van der Waals surface area contributed by atoms with E-state index in [2.05, 4.69) is 22.1 Å². The van der Waals surface area contributed by atoms with Crippen LogP contribution >= 0.6 is 0 Å². The van der Waals surface area contributed by atoms with E-state index >= 15 is 0 Å². The quantitative estimate of drug-likeness (QED) is 0.280. The summed E-state index contributed by atoms with van der Waals surface area (Å²) in [5, 5.41) is 19.7. The maximum atomic E-state index is 10.2. The molecule has 0 aliphatic heterocycles. The summed E-state index contributed by atoms with van der Waals surface area (Å²) in [6, 6.07) is 27.2. The number of rotatable bonds is 3. The van der Waals surface area contributed by atoms with Crippen LogP contribution in [0.2, 0.25) is 0 Å². The van der Waals surface area contributed by atoms with Crippen LogP contribution in [0.5, 0.6) is 5.75 Å². The largest absolute Gasteiger partial charge is 0.507 e. The van der Waals surface area contributed by atoms with Crippen LogP contribution in [-0.4, -0.2) is 15.1 Å². The van der Waals surface area contributed by atoms with Crippen molar-refractivity contribution in [2.75, 3.05) is 0 Å². The van der Waals surface area contributed by atoms with Crippen molar-refractivity contribution in [2.24, 2.45) is 0 Å². The molecule has 5 aromatic rings. The Hall–Kier alpha value is -3.74. The zero-order chi connectivity index (χ0) is 20.5. The number of pyridine rings is 1. The van der Waals surface area contributed by atoms with Crippen LogP contribution < -0.4 is 0 Å². The average molecular weight is 583 g/mol. The third-order valence-electron chi connectivity index (χ3n) is 4.78. The molecule has 5 nitrogen and oxygen atoms in total. The summed E-state index contributed by atoms with van der Waals surface area (Å²) < 4.78 is 5.91. The normalized spacial score (nSPS) is 10.4. The third kappa shape index (κ3) is 3.86. The Kier molecular flexibility index (Phi) is 5.66. The van der Waals surface area contributed by atoms with Gasteiger partial charge in [0.25, 0.3) is 0 Å². The molecule has 0 spiro atoms. The number of oxazole rings is 1. The van der Waals surface area contributed by atoms with Crippen molar-refractivity contribution >= 4 is 11.1 Å². The second-order valence-corrected chi connectivity index (χ2v) is 6.71. The van der Waals surface area contributed by atoms with Crippen LogP contribution in [0.3, 0.4) is 0 Å². The number of nitrogens with zero attached hydrogens (tertiary/aromatic N) is 3. The number of phenolic OH excluding ortho intramolecular Hbond substituents is 1. The van der Waals surface area contributed by atoms with Crippen molar-refractivity contribution in [3.63, 3.8) is 0 Å². The van der Waals surface area contributed by atoms with Crippen LogP contribution in [0.4, 0.5) is 0 Å². The average Bonchev–Trinajstić information content (AvgIpc) is 3.23. The molecule has 0 saturated heterocycles. The molecule has 3 aromatic carbocycles. The molecule has 6 heteroatoms. The smallest absolute Gasteiger partial charge is 0.230 e. The number of para-hydroxylation sites is 2. The first-order chi connectivity index (χ1) is 14.7. The van der Waals surface area contributed by atoms with Gasteiger partial charge < -0.3 is 9.52 Å². The number of hydrogen-bond acceptors (Lipinski definition) is 5. The van der Waals surface area contributed by atoms with E-state index in [0.717, 1.165) is 22.4 Å². The van der Waals surface area contributed by atoms with Gasteiger partial charge in [-0.1, -0.05) is 47.5 Å². The standard InChI is InChI=1S/C25H14N3O2.Pt/c26-15-16-12-17(14-18(13-16)21-8-3-4-11-27-21)19-7-5-10-23-24(19)28-25(30-23)20-6-1-2-9-22(20)29;/h1-13,29H;/q-1;. The monoisotopic (exact) mass is 583 g/mol. The summed E-state index contributed by atoms with van der Waals surface area (Å²) >= 11 is 0. The molecule has 0 fully saturated rings. The molecule has 0 saturated carbocycles. The Balaban J connectivity index is 0.00000231. The van der Waals surface area contributed by atoms with Crippen LogP contribution in [0.15, 0.2) is 83.4 Å². The molecule has 0 aliphatic rings. The minimum atomic E-state index is 0. The summed E-state index contributed by atoms with van der Waals surface area (Å²) in [4.78, 5) is 9.01. The summed E-state index contributed by atoms with van der Waals surface area (Å²) in [5.74, 6) is 0.429. The van der Waals surface area contributed by atoms with Gasteiger partial charge in [0.1, 0.15) is 11.3 Å².